The normalized spacial score (nSPS) is 11.2. The molecule has 0 unspecified atom stereocenters. The predicted octanol–water partition coefficient (Wildman–Crippen LogP) is 6.06. The maximum Gasteiger partial charge on any atom is 0.269 e. The van der Waals surface area contributed by atoms with Crippen molar-refractivity contribution < 1.29 is 4.92 Å². The third-order valence-electron chi connectivity index (χ3n) is 6.13. The second-order valence-electron chi connectivity index (χ2n) is 8.52. The Hall–Kier alpha value is -3.42. The van der Waals surface area contributed by atoms with Gasteiger partial charge in [-0.2, -0.15) is 5.10 Å². The average molecular weight is 465 g/mol. The molecular formula is C26H36N6O2. The molecule has 0 amide bonds. The van der Waals surface area contributed by atoms with E-state index in [0.717, 1.165) is 72.2 Å². The van der Waals surface area contributed by atoms with E-state index in [4.69, 9.17) is 4.98 Å². The maximum absolute atomic E-state index is 11.0. The van der Waals surface area contributed by atoms with Gasteiger partial charge in [-0.05, 0) is 43.9 Å². The van der Waals surface area contributed by atoms with Crippen LogP contribution >= 0.6 is 0 Å². The number of hydrogen-bond donors (Lipinski definition) is 2. The Kier molecular flexibility index (Phi) is 8.62. The number of fused-ring (bicyclic) bond motifs is 1. The molecule has 0 saturated carbocycles. The molecule has 8 nitrogen and oxygen atoms in total. The number of rotatable bonds is 13. The Balaban J connectivity index is 1.97. The molecule has 0 spiro atoms. The van der Waals surface area contributed by atoms with Crippen molar-refractivity contribution in [2.75, 3.05) is 5.32 Å². The van der Waals surface area contributed by atoms with Gasteiger partial charge >= 0.3 is 0 Å². The highest BCUT2D eigenvalue weighted by Gasteiger charge is 2.20. The van der Waals surface area contributed by atoms with Gasteiger partial charge in [-0.1, -0.05) is 40.2 Å². The molecule has 2 N–H and O–H groups in total. The fraction of sp³-hybridized carbons (Fsp3) is 0.462. The number of non-ortho nitro benzene ring substituents is 1. The van der Waals surface area contributed by atoms with Gasteiger partial charge in [-0.3, -0.25) is 10.1 Å². The molecule has 182 valence electrons. The number of nitrogens with zero attached hydrogens (tertiary/aromatic N) is 4. The molecule has 3 aromatic rings. The lowest BCUT2D eigenvalue weighted by molar-refractivity contribution is -0.384. The number of aryl methyl sites for hydroxylation is 2. The van der Waals surface area contributed by atoms with E-state index in [2.05, 4.69) is 50.0 Å². The topological polar surface area (TPSA) is 97.9 Å². The second-order valence-corrected chi connectivity index (χ2v) is 8.52. The number of pyridine rings is 1. The summed E-state index contributed by atoms with van der Waals surface area (Å²) in [6, 6.07) is 6.82. The number of benzene rings is 1. The van der Waals surface area contributed by atoms with Crippen LogP contribution in [-0.2, 0) is 19.5 Å². The third kappa shape index (κ3) is 5.55. The van der Waals surface area contributed by atoms with E-state index in [1.807, 2.05) is 10.9 Å². The summed E-state index contributed by atoms with van der Waals surface area (Å²) in [5.74, 6) is 0. The molecule has 1 aromatic carbocycles. The number of nitro benzene ring substituents is 1. The van der Waals surface area contributed by atoms with Gasteiger partial charge < -0.3 is 10.6 Å². The number of anilines is 1. The monoisotopic (exact) mass is 464 g/mol. The van der Waals surface area contributed by atoms with E-state index < -0.39 is 4.92 Å². The minimum atomic E-state index is -0.397. The number of nitrogens with one attached hydrogen (secondary N) is 2. The lowest BCUT2D eigenvalue weighted by Crippen LogP contribution is -2.23. The summed E-state index contributed by atoms with van der Waals surface area (Å²) in [5.41, 5.74) is 5.75. The maximum atomic E-state index is 11.0. The van der Waals surface area contributed by atoms with Gasteiger partial charge in [0.25, 0.3) is 5.69 Å². The van der Waals surface area contributed by atoms with E-state index >= 15 is 0 Å². The van der Waals surface area contributed by atoms with Crippen LogP contribution in [0.5, 0.6) is 0 Å². The van der Waals surface area contributed by atoms with Gasteiger partial charge in [0.2, 0.25) is 0 Å². The first-order valence-corrected chi connectivity index (χ1v) is 12.2. The zero-order chi connectivity index (χ0) is 24.7. The molecule has 0 aliphatic carbocycles. The molecule has 0 aliphatic rings. The van der Waals surface area contributed by atoms with E-state index in [1.54, 1.807) is 12.1 Å². The molecule has 8 heteroatoms. The Morgan fingerprint density at radius 2 is 1.82 bits per heavy atom. The minimum Gasteiger partial charge on any atom is -0.381 e. The summed E-state index contributed by atoms with van der Waals surface area (Å²) < 4.78 is 1.95. The lowest BCUT2D eigenvalue weighted by atomic mass is 10.0. The van der Waals surface area contributed by atoms with Crippen molar-refractivity contribution in [1.82, 2.24) is 20.1 Å². The standard InChI is InChI=1S/C26H36N6O2/c1-6-10-20(11-7-2)29-25-22(24(8-3)30-26-23(25)17-28-31(26)9-4)16-27-18(5)19-12-14-21(15-13-19)32(33)34/h12-15,17,20,27H,5-11,16H2,1-4H3,(H,29,30). The largest absolute Gasteiger partial charge is 0.381 e. The molecular weight excluding hydrogens is 428 g/mol. The molecule has 0 bridgehead atoms. The first-order valence-electron chi connectivity index (χ1n) is 12.2. The molecule has 34 heavy (non-hydrogen) atoms. The lowest BCUT2D eigenvalue weighted by Gasteiger charge is -2.24. The van der Waals surface area contributed by atoms with Crippen LogP contribution in [0.4, 0.5) is 11.4 Å². The van der Waals surface area contributed by atoms with Crippen molar-refractivity contribution in [2.24, 2.45) is 0 Å². The van der Waals surface area contributed by atoms with Gasteiger partial charge in [0.1, 0.15) is 0 Å². The molecule has 0 atom stereocenters. The third-order valence-corrected chi connectivity index (χ3v) is 6.13. The zero-order valence-corrected chi connectivity index (χ0v) is 20.7. The first-order chi connectivity index (χ1) is 16.4. The van der Waals surface area contributed by atoms with Crippen molar-refractivity contribution in [3.63, 3.8) is 0 Å². The molecule has 3 rings (SSSR count). The smallest absolute Gasteiger partial charge is 0.269 e. The van der Waals surface area contributed by atoms with Crippen LogP contribution in [0.3, 0.4) is 0 Å². The highest BCUT2D eigenvalue weighted by Crippen LogP contribution is 2.31. The molecule has 0 radical (unpaired) electrons. The van der Waals surface area contributed by atoms with Crippen molar-refractivity contribution in [3.05, 3.63) is 64.0 Å². The van der Waals surface area contributed by atoms with Crippen LogP contribution < -0.4 is 10.6 Å². The molecule has 2 heterocycles. The predicted molar refractivity (Wildman–Crippen MR) is 139 cm³/mol. The van der Waals surface area contributed by atoms with Gasteiger partial charge in [0, 0.05) is 48.2 Å². The summed E-state index contributed by atoms with van der Waals surface area (Å²) in [5, 5.41) is 23.9. The highest BCUT2D eigenvalue weighted by atomic mass is 16.6. The van der Waals surface area contributed by atoms with Crippen molar-refractivity contribution in [1.29, 1.82) is 0 Å². The second kappa shape index (κ2) is 11.6. The van der Waals surface area contributed by atoms with Crippen molar-refractivity contribution in [2.45, 2.75) is 78.9 Å². The number of hydrogen-bond acceptors (Lipinski definition) is 6. The summed E-state index contributed by atoms with van der Waals surface area (Å²) in [7, 11) is 0. The van der Waals surface area contributed by atoms with Crippen LogP contribution in [-0.4, -0.2) is 25.7 Å². The highest BCUT2D eigenvalue weighted by molar-refractivity contribution is 5.91. The van der Waals surface area contributed by atoms with E-state index in [1.165, 1.54) is 12.1 Å². The summed E-state index contributed by atoms with van der Waals surface area (Å²) in [6.07, 6.45) is 7.15. The van der Waals surface area contributed by atoms with E-state index in [9.17, 15) is 10.1 Å². The number of aromatic nitrogens is 3. The quantitative estimate of drug-likeness (QED) is 0.236. The zero-order valence-electron chi connectivity index (χ0n) is 20.7. The van der Waals surface area contributed by atoms with E-state index in [0.29, 0.717) is 18.3 Å². The average Bonchev–Trinajstić information content (AvgIpc) is 3.26. The molecule has 0 aliphatic heterocycles. The fourth-order valence-corrected chi connectivity index (χ4v) is 4.33. The van der Waals surface area contributed by atoms with Crippen molar-refractivity contribution >= 4 is 28.1 Å². The van der Waals surface area contributed by atoms with Gasteiger partial charge in [-0.15, -0.1) is 0 Å². The van der Waals surface area contributed by atoms with Gasteiger partial charge in [0.15, 0.2) is 5.65 Å². The Morgan fingerprint density at radius 3 is 2.38 bits per heavy atom. The van der Waals surface area contributed by atoms with Crippen molar-refractivity contribution in [3.8, 4) is 0 Å². The molecule has 0 saturated heterocycles. The van der Waals surface area contributed by atoms with Crippen LogP contribution in [0, 0.1) is 10.1 Å². The summed E-state index contributed by atoms with van der Waals surface area (Å²) in [6.45, 7) is 14.1. The summed E-state index contributed by atoms with van der Waals surface area (Å²) in [4.78, 5) is 15.5. The Labute approximate surface area is 201 Å². The van der Waals surface area contributed by atoms with Crippen LogP contribution in [0.1, 0.15) is 70.2 Å². The Bertz CT molecular complexity index is 1130. The van der Waals surface area contributed by atoms with Gasteiger partial charge in [0.05, 0.1) is 22.2 Å². The molecule has 2 aromatic heterocycles. The van der Waals surface area contributed by atoms with Gasteiger partial charge in [-0.25, -0.2) is 9.67 Å². The minimum absolute atomic E-state index is 0.0665. The van der Waals surface area contributed by atoms with E-state index in [-0.39, 0.29) is 5.69 Å². The van der Waals surface area contributed by atoms with Crippen LogP contribution in [0.15, 0.2) is 37.0 Å². The summed E-state index contributed by atoms with van der Waals surface area (Å²) >= 11 is 0. The number of nitro groups is 1. The fourth-order valence-electron chi connectivity index (χ4n) is 4.33. The van der Waals surface area contributed by atoms with Crippen LogP contribution in [0.25, 0.3) is 16.7 Å². The van der Waals surface area contributed by atoms with Crippen LogP contribution in [0.2, 0.25) is 0 Å². The Morgan fingerprint density at radius 1 is 1.15 bits per heavy atom. The SMILES string of the molecule is C=C(NCc1c(CC)nc2c(cnn2CC)c1NC(CCC)CCC)c1ccc([N+](=O)[O-])cc1. The molecule has 0 fully saturated rings. The first kappa shape index (κ1) is 25.2.